The van der Waals surface area contributed by atoms with Gasteiger partial charge in [-0.15, -0.1) is 0 Å². The molecule has 0 radical (unpaired) electrons. The van der Waals surface area contributed by atoms with Crippen LogP contribution in [0.2, 0.25) is 0 Å². The van der Waals surface area contributed by atoms with Crippen molar-refractivity contribution in [2.24, 2.45) is 11.7 Å². The number of ether oxygens (including phenoxy) is 1. The van der Waals surface area contributed by atoms with Crippen LogP contribution in [0.3, 0.4) is 0 Å². The van der Waals surface area contributed by atoms with E-state index in [1.165, 1.54) is 13.5 Å². The van der Waals surface area contributed by atoms with E-state index in [1.807, 2.05) is 13.0 Å². The first kappa shape index (κ1) is 15.7. The largest absolute Gasteiger partial charge is 0.463 e. The van der Waals surface area contributed by atoms with Gasteiger partial charge in [0, 0.05) is 24.3 Å². The highest BCUT2D eigenvalue weighted by Crippen LogP contribution is 2.31. The summed E-state index contributed by atoms with van der Waals surface area (Å²) in [6.45, 7) is 5.48. The number of hydrogen-bond donors (Lipinski definition) is 1. The number of anilines is 1. The molecule has 1 fully saturated rings. The molecular weight excluding hydrogens is 268 g/mol. The van der Waals surface area contributed by atoms with Crippen molar-refractivity contribution in [1.29, 1.82) is 0 Å². The summed E-state index contributed by atoms with van der Waals surface area (Å²) in [6.07, 6.45) is 3.47. The molecule has 0 saturated heterocycles. The number of esters is 1. The summed E-state index contributed by atoms with van der Waals surface area (Å²) in [6, 6.07) is 2.31. The van der Waals surface area contributed by atoms with E-state index in [9.17, 15) is 4.79 Å². The predicted molar refractivity (Wildman–Crippen MR) is 81.3 cm³/mol. The number of nitrogens with zero attached hydrogens (tertiary/aromatic N) is 3. The van der Waals surface area contributed by atoms with E-state index in [0.29, 0.717) is 18.5 Å². The number of carbonyl (C=O) groups excluding carboxylic acids is 1. The van der Waals surface area contributed by atoms with Crippen LogP contribution < -0.4 is 10.6 Å². The van der Waals surface area contributed by atoms with Gasteiger partial charge in [0.25, 0.3) is 0 Å². The van der Waals surface area contributed by atoms with Crippen LogP contribution in [-0.4, -0.2) is 42.2 Å². The number of carbonyl (C=O) groups is 1. The van der Waals surface area contributed by atoms with E-state index in [4.69, 9.17) is 10.5 Å². The van der Waals surface area contributed by atoms with Crippen molar-refractivity contribution in [3.05, 3.63) is 17.6 Å². The first-order valence-corrected chi connectivity index (χ1v) is 7.51. The smallest absolute Gasteiger partial charge is 0.376 e. The van der Waals surface area contributed by atoms with Crippen molar-refractivity contribution in [1.82, 2.24) is 9.97 Å². The van der Waals surface area contributed by atoms with Crippen LogP contribution in [0.1, 0.15) is 42.5 Å². The molecule has 116 valence electrons. The van der Waals surface area contributed by atoms with Crippen molar-refractivity contribution >= 4 is 11.8 Å². The molecule has 1 saturated carbocycles. The Kier molecular flexibility index (Phi) is 5.12. The molecule has 2 unspecified atom stereocenters. The zero-order valence-corrected chi connectivity index (χ0v) is 13.0. The minimum atomic E-state index is -0.502. The third-order valence-corrected chi connectivity index (χ3v) is 4.17. The second-order valence-corrected chi connectivity index (χ2v) is 5.46. The van der Waals surface area contributed by atoms with Gasteiger partial charge < -0.3 is 15.4 Å². The van der Waals surface area contributed by atoms with Crippen LogP contribution in [0, 0.1) is 12.8 Å². The van der Waals surface area contributed by atoms with Gasteiger partial charge in [0.1, 0.15) is 5.82 Å². The van der Waals surface area contributed by atoms with E-state index in [0.717, 1.165) is 30.9 Å². The van der Waals surface area contributed by atoms with Crippen molar-refractivity contribution in [2.45, 2.75) is 39.2 Å². The van der Waals surface area contributed by atoms with E-state index in [2.05, 4.69) is 21.8 Å². The number of aryl methyl sites for hydroxylation is 1. The van der Waals surface area contributed by atoms with E-state index < -0.39 is 5.97 Å². The molecule has 0 spiro atoms. The molecule has 6 nitrogen and oxygen atoms in total. The van der Waals surface area contributed by atoms with Crippen LogP contribution in [-0.2, 0) is 4.74 Å². The van der Waals surface area contributed by atoms with Gasteiger partial charge >= 0.3 is 5.97 Å². The van der Waals surface area contributed by atoms with Crippen LogP contribution in [0.4, 0.5) is 5.82 Å². The van der Waals surface area contributed by atoms with Gasteiger partial charge in [-0.1, -0.05) is 6.42 Å². The Labute approximate surface area is 125 Å². The van der Waals surface area contributed by atoms with Gasteiger partial charge in [0.15, 0.2) is 0 Å². The fourth-order valence-corrected chi connectivity index (χ4v) is 3.15. The Balaban J connectivity index is 2.33. The fourth-order valence-electron chi connectivity index (χ4n) is 3.15. The summed E-state index contributed by atoms with van der Waals surface area (Å²) in [5.74, 6) is 0.892. The van der Waals surface area contributed by atoms with Crippen LogP contribution in [0.25, 0.3) is 0 Å². The molecule has 6 heteroatoms. The van der Waals surface area contributed by atoms with Crippen molar-refractivity contribution < 1.29 is 9.53 Å². The molecule has 1 aliphatic carbocycles. The van der Waals surface area contributed by atoms with Crippen molar-refractivity contribution in [3.8, 4) is 0 Å². The summed E-state index contributed by atoms with van der Waals surface area (Å²) in [4.78, 5) is 22.5. The van der Waals surface area contributed by atoms with Gasteiger partial charge in [-0.2, -0.15) is 0 Å². The number of nitrogens with two attached hydrogens (primary N) is 1. The maximum absolute atomic E-state index is 11.7. The first-order valence-electron chi connectivity index (χ1n) is 7.51. The average Bonchev–Trinajstić information content (AvgIpc) is 2.95. The molecule has 0 aromatic carbocycles. The highest BCUT2D eigenvalue weighted by atomic mass is 16.5. The molecule has 1 aromatic heterocycles. The lowest BCUT2D eigenvalue weighted by Crippen LogP contribution is -2.41. The zero-order chi connectivity index (χ0) is 15.4. The normalized spacial score (nSPS) is 21.3. The van der Waals surface area contributed by atoms with Crippen LogP contribution in [0.15, 0.2) is 6.07 Å². The lowest BCUT2D eigenvalue weighted by Gasteiger charge is -2.33. The molecule has 1 heterocycles. The van der Waals surface area contributed by atoms with Crippen molar-refractivity contribution in [3.63, 3.8) is 0 Å². The third-order valence-electron chi connectivity index (χ3n) is 4.17. The number of hydrogen-bond acceptors (Lipinski definition) is 6. The van der Waals surface area contributed by atoms with Gasteiger partial charge in [-0.25, -0.2) is 14.8 Å². The standard InChI is InChI=1S/C15H24N4O2/c1-4-19(12-7-5-6-11(12)9-16)13-8-10(2)17-14(18-13)15(20)21-3/h8,11-12H,4-7,9,16H2,1-3H3. The molecule has 21 heavy (non-hydrogen) atoms. The zero-order valence-electron chi connectivity index (χ0n) is 13.0. The number of aromatic nitrogens is 2. The minimum Gasteiger partial charge on any atom is -0.463 e. The van der Waals surface area contributed by atoms with Gasteiger partial charge in [-0.3, -0.25) is 0 Å². The molecule has 0 aliphatic heterocycles. The molecule has 0 bridgehead atoms. The fraction of sp³-hybridized carbons (Fsp3) is 0.667. The Bertz CT molecular complexity index is 506. The third kappa shape index (κ3) is 3.32. The van der Waals surface area contributed by atoms with E-state index >= 15 is 0 Å². The summed E-state index contributed by atoms with van der Waals surface area (Å²) in [7, 11) is 1.34. The second-order valence-electron chi connectivity index (χ2n) is 5.46. The summed E-state index contributed by atoms with van der Waals surface area (Å²) in [5.41, 5.74) is 6.66. The van der Waals surface area contributed by atoms with Crippen LogP contribution in [0.5, 0.6) is 0 Å². The Morgan fingerprint density at radius 2 is 2.24 bits per heavy atom. The van der Waals surface area contributed by atoms with Crippen LogP contribution >= 0.6 is 0 Å². The van der Waals surface area contributed by atoms with Crippen molar-refractivity contribution in [2.75, 3.05) is 25.1 Å². The molecule has 2 rings (SSSR count). The van der Waals surface area contributed by atoms with Gasteiger partial charge in [0.05, 0.1) is 7.11 Å². The molecule has 1 aromatic rings. The average molecular weight is 292 g/mol. The maximum Gasteiger partial charge on any atom is 0.376 e. The Morgan fingerprint density at radius 1 is 1.48 bits per heavy atom. The number of methoxy groups -OCH3 is 1. The summed E-state index contributed by atoms with van der Waals surface area (Å²) >= 11 is 0. The topological polar surface area (TPSA) is 81.3 Å². The Hall–Kier alpha value is -1.69. The highest BCUT2D eigenvalue weighted by Gasteiger charge is 2.31. The predicted octanol–water partition coefficient (Wildman–Crippen LogP) is 1.53. The summed E-state index contributed by atoms with van der Waals surface area (Å²) < 4.78 is 4.72. The lowest BCUT2D eigenvalue weighted by atomic mass is 10.0. The van der Waals surface area contributed by atoms with Gasteiger partial charge in [-0.05, 0) is 39.2 Å². The molecule has 0 amide bonds. The van der Waals surface area contributed by atoms with E-state index in [-0.39, 0.29) is 5.82 Å². The molecule has 2 N–H and O–H groups in total. The maximum atomic E-state index is 11.7. The van der Waals surface area contributed by atoms with E-state index in [1.54, 1.807) is 0 Å². The Morgan fingerprint density at radius 3 is 2.86 bits per heavy atom. The highest BCUT2D eigenvalue weighted by molar-refractivity contribution is 5.85. The second kappa shape index (κ2) is 6.85. The first-order chi connectivity index (χ1) is 10.1. The SMILES string of the molecule is CCN(c1cc(C)nc(C(=O)OC)n1)C1CCCC1CN. The number of rotatable bonds is 5. The molecule has 2 atom stereocenters. The quantitative estimate of drug-likeness (QED) is 0.829. The summed E-state index contributed by atoms with van der Waals surface area (Å²) in [5, 5.41) is 0. The lowest BCUT2D eigenvalue weighted by molar-refractivity contribution is 0.0586. The molecule has 1 aliphatic rings. The molecular formula is C15H24N4O2. The minimum absolute atomic E-state index is 0.119. The monoisotopic (exact) mass is 292 g/mol. The van der Waals surface area contributed by atoms with Gasteiger partial charge in [0.2, 0.25) is 5.82 Å².